The monoisotopic (exact) mass is 921 g/mol. The smallest absolute Gasteiger partial charge is 0.405 e. The minimum atomic E-state index is -3.96. The first-order valence-electron chi connectivity index (χ1n) is 24.2. The van der Waals surface area contributed by atoms with Crippen molar-refractivity contribution in [1.29, 1.82) is 0 Å². The van der Waals surface area contributed by atoms with Gasteiger partial charge in [0.15, 0.2) is 21.4 Å². The van der Waals surface area contributed by atoms with Crippen molar-refractivity contribution in [1.82, 2.24) is 10.6 Å². The largest absolute Gasteiger partial charge is 0.461 e. The van der Waals surface area contributed by atoms with Crippen LogP contribution < -0.4 is 22.1 Å². The molecule has 65 heavy (non-hydrogen) atoms. The summed E-state index contributed by atoms with van der Waals surface area (Å²) >= 11 is 0. The van der Waals surface area contributed by atoms with E-state index in [1.54, 1.807) is 31.2 Å². The third-order valence-electron chi connectivity index (χ3n) is 14.8. The van der Waals surface area contributed by atoms with Gasteiger partial charge in [0.05, 0.1) is 40.4 Å². The normalized spacial score (nSPS) is 23.8. The van der Waals surface area contributed by atoms with Crippen LogP contribution in [0.4, 0.5) is 0 Å². The molecule has 15 heteroatoms. The van der Waals surface area contributed by atoms with Crippen LogP contribution in [0.1, 0.15) is 131 Å². The molecule has 360 valence electrons. The van der Waals surface area contributed by atoms with Crippen LogP contribution in [0, 0.1) is 29.1 Å². The summed E-state index contributed by atoms with van der Waals surface area (Å²) in [5.41, 5.74) is 14.4. The molecular formula is C50H77BN4O9S. The van der Waals surface area contributed by atoms with Gasteiger partial charge in [-0.25, -0.2) is 8.42 Å². The molecule has 13 nitrogen and oxygen atoms in total. The fraction of sp³-hybridized carbons (Fsp3) is 0.680. The van der Waals surface area contributed by atoms with Crippen molar-refractivity contribution < 1.29 is 42.0 Å². The molecule has 2 bridgehead atoms. The van der Waals surface area contributed by atoms with E-state index in [0.29, 0.717) is 57.0 Å². The van der Waals surface area contributed by atoms with Crippen molar-refractivity contribution in [2.75, 3.05) is 18.8 Å². The fourth-order valence-corrected chi connectivity index (χ4v) is 12.0. The van der Waals surface area contributed by atoms with E-state index in [1.165, 1.54) is 12.5 Å². The highest BCUT2D eigenvalue weighted by Crippen LogP contribution is 2.66. The van der Waals surface area contributed by atoms with Crippen LogP contribution in [-0.2, 0) is 44.7 Å². The third-order valence-corrected chi connectivity index (χ3v) is 16.6. The molecule has 2 aromatic carbocycles. The molecule has 1 saturated heterocycles. The molecule has 0 unspecified atom stereocenters. The summed E-state index contributed by atoms with van der Waals surface area (Å²) in [6, 6.07) is 12.6. The average molecular weight is 921 g/mol. The summed E-state index contributed by atoms with van der Waals surface area (Å²) in [7, 11) is -4.50. The first-order valence-corrected chi connectivity index (χ1v) is 25.9. The van der Waals surface area contributed by atoms with Gasteiger partial charge < -0.3 is 36.5 Å². The Hall–Kier alpha value is -3.47. The number of amides is 2. The number of hydrogen-bond acceptors (Lipinski definition) is 11. The molecule has 4 aliphatic rings. The Kier molecular flexibility index (Phi) is 18.6. The number of rotatable bonds is 27. The highest BCUT2D eigenvalue weighted by atomic mass is 32.2. The van der Waals surface area contributed by atoms with Crippen molar-refractivity contribution in [3.8, 4) is 11.1 Å². The van der Waals surface area contributed by atoms with Gasteiger partial charge in [-0.2, -0.15) is 0 Å². The number of Topliss-reactive ketones (excluding diaryl/α,β-unsaturated/α-hetero) is 2. The molecule has 10 atom stereocenters. The van der Waals surface area contributed by atoms with E-state index < -0.39 is 75.9 Å². The van der Waals surface area contributed by atoms with Gasteiger partial charge in [0.25, 0.3) is 0 Å². The quantitative estimate of drug-likeness (QED) is 0.0490. The van der Waals surface area contributed by atoms with E-state index in [-0.39, 0.29) is 47.3 Å². The van der Waals surface area contributed by atoms with E-state index in [1.807, 2.05) is 19.1 Å². The van der Waals surface area contributed by atoms with Gasteiger partial charge in [-0.15, -0.1) is 0 Å². The highest BCUT2D eigenvalue weighted by molar-refractivity contribution is 7.91. The Balaban J connectivity index is 1.19. The lowest BCUT2D eigenvalue weighted by Gasteiger charge is -2.64. The summed E-state index contributed by atoms with van der Waals surface area (Å²) < 4.78 is 40.6. The van der Waals surface area contributed by atoms with Gasteiger partial charge in [-0.3, -0.25) is 19.2 Å². The number of sulfone groups is 1. The zero-order valence-electron chi connectivity index (χ0n) is 40.0. The number of aryl methyl sites for hydroxylation is 1. The van der Waals surface area contributed by atoms with Crippen LogP contribution in [-0.4, -0.2) is 92.8 Å². The molecule has 2 amide bonds. The number of aliphatic hydroxyl groups is 1. The van der Waals surface area contributed by atoms with E-state index >= 15 is 0 Å². The first-order chi connectivity index (χ1) is 30.7. The summed E-state index contributed by atoms with van der Waals surface area (Å²) in [6.07, 6.45) is 6.61. The number of nitrogens with one attached hydrogen (secondary N) is 2. The third kappa shape index (κ3) is 13.0. The second kappa shape index (κ2) is 23.0. The number of hydrogen-bond donors (Lipinski definition) is 5. The van der Waals surface area contributed by atoms with Crippen molar-refractivity contribution in [2.24, 2.45) is 40.6 Å². The van der Waals surface area contributed by atoms with Gasteiger partial charge >= 0.3 is 7.12 Å². The van der Waals surface area contributed by atoms with Crippen molar-refractivity contribution in [2.45, 2.75) is 173 Å². The number of benzene rings is 2. The molecule has 3 saturated carbocycles. The van der Waals surface area contributed by atoms with Crippen LogP contribution in [0.15, 0.2) is 53.4 Å². The van der Waals surface area contributed by atoms with Gasteiger partial charge in [-0.05, 0) is 137 Å². The van der Waals surface area contributed by atoms with E-state index in [2.05, 4.69) is 50.5 Å². The zero-order chi connectivity index (χ0) is 47.7. The molecule has 6 rings (SSSR count). The molecular weight excluding hydrogens is 843 g/mol. The van der Waals surface area contributed by atoms with Gasteiger partial charge in [0, 0.05) is 18.8 Å². The van der Waals surface area contributed by atoms with Gasteiger partial charge in [0.1, 0.15) is 6.04 Å². The summed E-state index contributed by atoms with van der Waals surface area (Å²) in [5, 5.41) is 16.3. The maximum absolute atomic E-state index is 13.9. The van der Waals surface area contributed by atoms with Gasteiger partial charge in [0.2, 0.25) is 11.8 Å². The number of aliphatic hydroxyl groups excluding tert-OH is 1. The standard InChI is InChI=1S/C50H77BN4O9S/c1-8-9-14-35-17-19-36(20-18-35)37-21-23-40(24-22-37)65(61,62)31-38(15-10-12-25-52)48(60)55-46(34(4)56)43(58)27-32(2)47(59)54-41(16-11-13-26-53)42(57)28-33(3)51-63-45-30-39-29-44(49(39,5)6)50(45,7)64-51/h17-24,32-34,38-39,41,44-46,56H,8-16,25-31,52-53H2,1-7H3,(H,54,59)(H,55,60)/t32-,33-,34-,38-,39+,41+,44+,45-,46+,50+/m1/s1. The maximum atomic E-state index is 13.9. The summed E-state index contributed by atoms with van der Waals surface area (Å²) in [5.74, 6) is -3.69. The molecule has 4 fully saturated rings. The van der Waals surface area contributed by atoms with Crippen LogP contribution in [0.5, 0.6) is 0 Å². The SMILES string of the molecule is CCCCc1ccc(-c2ccc(S(=O)(=O)C[C@@H](CCCCN)C(=O)N[C@H](C(=O)C[C@@H](C)C(=O)N[C@@H](CCCCN)C(=O)C[C@@H](C)B3O[C@@H]4C[C@@H]5C[C@@H](C5(C)C)[C@]4(C)O3)[C@@H](C)O)cc2)cc1. The summed E-state index contributed by atoms with van der Waals surface area (Å²) in [6.45, 7) is 14.5. The molecule has 2 aromatic rings. The van der Waals surface area contributed by atoms with E-state index in [0.717, 1.165) is 43.2 Å². The van der Waals surface area contributed by atoms with Crippen LogP contribution in [0.3, 0.4) is 0 Å². The van der Waals surface area contributed by atoms with Crippen LogP contribution in [0.25, 0.3) is 11.1 Å². The molecule has 3 aliphatic carbocycles. The fourth-order valence-electron chi connectivity index (χ4n) is 10.4. The number of carbonyl (C=O) groups excluding carboxylic acids is 4. The Bertz CT molecular complexity index is 2030. The van der Waals surface area contributed by atoms with Crippen LogP contribution >= 0.6 is 0 Å². The molecule has 1 aliphatic heterocycles. The average Bonchev–Trinajstić information content (AvgIpc) is 3.64. The Morgan fingerprint density at radius 1 is 0.815 bits per heavy atom. The van der Waals surface area contributed by atoms with Crippen molar-refractivity contribution in [3.05, 3.63) is 54.1 Å². The zero-order valence-corrected chi connectivity index (χ0v) is 40.8. The van der Waals surface area contributed by atoms with Crippen molar-refractivity contribution >= 4 is 40.3 Å². The molecule has 0 radical (unpaired) electrons. The molecule has 1 heterocycles. The van der Waals surface area contributed by atoms with Crippen molar-refractivity contribution in [3.63, 3.8) is 0 Å². The topological polar surface area (TPSA) is 217 Å². The number of unbranched alkanes of at least 4 members (excludes halogenated alkanes) is 3. The minimum Gasteiger partial charge on any atom is -0.405 e. The number of ketones is 2. The number of nitrogens with two attached hydrogens (primary N) is 2. The van der Waals surface area contributed by atoms with E-state index in [9.17, 15) is 32.7 Å². The predicted octanol–water partition coefficient (Wildman–Crippen LogP) is 6.37. The second-order valence-electron chi connectivity index (χ2n) is 20.2. The lowest BCUT2D eigenvalue weighted by Crippen LogP contribution is -2.65. The summed E-state index contributed by atoms with van der Waals surface area (Å²) in [4.78, 5) is 55.3. The Morgan fingerprint density at radius 2 is 1.43 bits per heavy atom. The molecule has 7 N–H and O–H groups in total. The number of carbonyl (C=O) groups is 4. The predicted molar refractivity (Wildman–Crippen MR) is 255 cm³/mol. The Labute approximate surface area is 388 Å². The Morgan fingerprint density at radius 3 is 2.02 bits per heavy atom. The molecule has 0 aromatic heterocycles. The lowest BCUT2D eigenvalue weighted by atomic mass is 9.43. The first kappa shape index (κ1) is 52.5. The van der Waals surface area contributed by atoms with E-state index in [4.69, 9.17) is 20.8 Å². The molecule has 0 spiro atoms. The van der Waals surface area contributed by atoms with Gasteiger partial charge in [-0.1, -0.05) is 83.9 Å². The second-order valence-corrected chi connectivity index (χ2v) is 22.3. The minimum absolute atomic E-state index is 0.0156. The lowest BCUT2D eigenvalue weighted by molar-refractivity contribution is -0.199. The highest BCUT2D eigenvalue weighted by Gasteiger charge is 2.68. The van der Waals surface area contributed by atoms with Crippen LogP contribution in [0.2, 0.25) is 5.82 Å². The maximum Gasteiger partial charge on any atom is 0.461 e.